The minimum absolute atomic E-state index is 0.0186. The van der Waals surface area contributed by atoms with Gasteiger partial charge in [-0.3, -0.25) is 4.79 Å². The smallest absolute Gasteiger partial charge is 0.268 e. The van der Waals surface area contributed by atoms with Gasteiger partial charge in [0.2, 0.25) is 9.84 Å². The van der Waals surface area contributed by atoms with E-state index >= 15 is 0 Å². The Morgan fingerprint density at radius 2 is 1.65 bits per heavy atom. The fraction of sp³-hybridized carbons (Fsp3) is 0.348. The minimum atomic E-state index is -4.20. The zero-order valence-electron chi connectivity index (χ0n) is 19.5. The maximum Gasteiger partial charge on any atom is 0.270 e. The predicted molar refractivity (Wildman–Crippen MR) is 125 cm³/mol. The highest BCUT2D eigenvalue weighted by Crippen LogP contribution is 2.37. The lowest BCUT2D eigenvalue weighted by atomic mass is 9.93. The van der Waals surface area contributed by atoms with Gasteiger partial charge < -0.3 is 0 Å². The number of hydrogen-bond acceptors (Lipinski definition) is 7. The topological polar surface area (TPSA) is 119 Å². The number of nitrogens with zero attached hydrogens (tertiary/aromatic N) is 4. The first kappa shape index (κ1) is 24.1. The van der Waals surface area contributed by atoms with Crippen LogP contribution in [-0.2, 0) is 31.9 Å². The zero-order chi connectivity index (χ0) is 25.1. The molecule has 1 aliphatic heterocycles. The second kappa shape index (κ2) is 8.02. The molecule has 1 amide bonds. The number of sulfonamides is 1. The number of hydrogen-bond donors (Lipinski definition) is 0. The summed E-state index contributed by atoms with van der Waals surface area (Å²) in [5.41, 5.74) is 0.193. The fourth-order valence-corrected chi connectivity index (χ4v) is 7.17. The van der Waals surface area contributed by atoms with Gasteiger partial charge in [-0.05, 0) is 29.7 Å². The average molecular weight is 503 g/mol. The molecule has 9 nitrogen and oxygen atoms in total. The molecule has 34 heavy (non-hydrogen) atoms. The van der Waals surface area contributed by atoms with Crippen LogP contribution in [0.1, 0.15) is 62.2 Å². The first-order valence-electron chi connectivity index (χ1n) is 10.7. The third kappa shape index (κ3) is 3.72. The molecule has 0 unspecified atom stereocenters. The SMILES string of the molecule is CC(C)c1cccc2c1C(=O)N(Cn1nnc(C(C)(C)C)c1S(=O)(=O)c1ccccc1)S2(=O)=O. The van der Waals surface area contributed by atoms with E-state index in [2.05, 4.69) is 10.3 Å². The molecule has 1 aromatic heterocycles. The van der Waals surface area contributed by atoms with E-state index in [9.17, 15) is 21.6 Å². The Morgan fingerprint density at radius 1 is 1.00 bits per heavy atom. The summed E-state index contributed by atoms with van der Waals surface area (Å²) < 4.78 is 55.5. The molecule has 0 radical (unpaired) electrons. The average Bonchev–Trinajstić information content (AvgIpc) is 3.29. The Morgan fingerprint density at radius 3 is 2.24 bits per heavy atom. The van der Waals surface area contributed by atoms with E-state index in [0.29, 0.717) is 9.87 Å². The monoisotopic (exact) mass is 502 g/mol. The lowest BCUT2D eigenvalue weighted by Crippen LogP contribution is -2.34. The number of amides is 1. The van der Waals surface area contributed by atoms with Crippen LogP contribution in [0.25, 0.3) is 0 Å². The molecule has 0 N–H and O–H groups in total. The van der Waals surface area contributed by atoms with Crippen LogP contribution >= 0.6 is 0 Å². The second-order valence-corrected chi connectivity index (χ2v) is 13.2. The normalized spacial score (nSPS) is 15.7. The molecule has 0 aliphatic carbocycles. The summed E-state index contributed by atoms with van der Waals surface area (Å²) in [4.78, 5) is 13.2. The number of sulfone groups is 1. The lowest BCUT2D eigenvalue weighted by Gasteiger charge is -2.20. The third-order valence-corrected chi connectivity index (χ3v) is 9.22. The van der Waals surface area contributed by atoms with Crippen molar-refractivity contribution in [3.05, 3.63) is 65.4 Å². The summed E-state index contributed by atoms with van der Waals surface area (Å²) in [6.07, 6.45) is 0. The molecule has 1 aliphatic rings. The van der Waals surface area contributed by atoms with E-state index in [1.807, 2.05) is 13.8 Å². The van der Waals surface area contributed by atoms with E-state index in [-0.39, 0.29) is 32.0 Å². The molecule has 4 rings (SSSR count). The Labute approximate surface area is 199 Å². The van der Waals surface area contributed by atoms with Crippen LogP contribution in [0.15, 0.2) is 63.3 Å². The van der Waals surface area contributed by atoms with E-state index in [1.54, 1.807) is 51.1 Å². The first-order chi connectivity index (χ1) is 15.8. The van der Waals surface area contributed by atoms with Gasteiger partial charge in [-0.15, -0.1) is 5.10 Å². The molecule has 0 bridgehead atoms. The molecule has 11 heteroatoms. The van der Waals surface area contributed by atoms with Crippen molar-refractivity contribution in [2.45, 2.75) is 67.4 Å². The molecule has 0 saturated carbocycles. The summed E-state index contributed by atoms with van der Waals surface area (Å²) in [5, 5.41) is 7.84. The summed E-state index contributed by atoms with van der Waals surface area (Å²) in [6, 6.07) is 12.5. The van der Waals surface area contributed by atoms with E-state index in [0.717, 1.165) is 4.68 Å². The van der Waals surface area contributed by atoms with Gasteiger partial charge >= 0.3 is 0 Å². The van der Waals surface area contributed by atoms with Gasteiger partial charge in [0.25, 0.3) is 15.9 Å². The molecule has 0 spiro atoms. The fourth-order valence-electron chi connectivity index (χ4n) is 3.93. The maximum atomic E-state index is 13.6. The standard InChI is InChI=1S/C23H26N4O5S2/c1-15(2)17-12-9-13-18-19(17)21(28)27(34(18,31)32)14-26-22(20(24-25-26)23(3,4)5)33(29,30)16-10-7-6-8-11-16/h6-13,15H,14H2,1-5H3. The van der Waals surface area contributed by atoms with Crippen LogP contribution in [0, 0.1) is 0 Å². The third-order valence-electron chi connectivity index (χ3n) is 5.66. The van der Waals surface area contributed by atoms with E-state index in [4.69, 9.17) is 0 Å². The number of fused-ring (bicyclic) bond motifs is 1. The molecular formula is C23H26N4O5S2. The summed E-state index contributed by atoms with van der Waals surface area (Å²) in [5.74, 6) is -0.794. The number of aromatic nitrogens is 3. The Balaban J connectivity index is 1.88. The Kier molecular flexibility index (Phi) is 5.68. The van der Waals surface area contributed by atoms with Gasteiger partial charge in [-0.1, -0.05) is 70.2 Å². The summed E-state index contributed by atoms with van der Waals surface area (Å²) in [7, 11) is -8.32. The van der Waals surface area contributed by atoms with Gasteiger partial charge in [-0.25, -0.2) is 25.8 Å². The van der Waals surface area contributed by atoms with Gasteiger partial charge in [0.15, 0.2) is 5.03 Å². The van der Waals surface area contributed by atoms with Crippen LogP contribution < -0.4 is 0 Å². The molecular weight excluding hydrogens is 476 g/mol. The number of rotatable bonds is 5. The van der Waals surface area contributed by atoms with Gasteiger partial charge in [-0.2, -0.15) is 0 Å². The predicted octanol–water partition coefficient (Wildman–Crippen LogP) is 3.33. The van der Waals surface area contributed by atoms with Crippen LogP contribution in [0.3, 0.4) is 0 Å². The van der Waals surface area contributed by atoms with Gasteiger partial charge in [0.1, 0.15) is 17.3 Å². The van der Waals surface area contributed by atoms with Crippen molar-refractivity contribution in [2.24, 2.45) is 0 Å². The zero-order valence-corrected chi connectivity index (χ0v) is 21.2. The lowest BCUT2D eigenvalue weighted by molar-refractivity contribution is 0.0833. The van der Waals surface area contributed by atoms with E-state index in [1.165, 1.54) is 18.2 Å². The summed E-state index contributed by atoms with van der Waals surface area (Å²) >= 11 is 0. The van der Waals surface area contributed by atoms with Gasteiger partial charge in [0, 0.05) is 5.41 Å². The number of carbonyl (C=O) groups excluding carboxylic acids is 1. The number of benzene rings is 2. The second-order valence-electron chi connectivity index (χ2n) is 9.48. The Bertz CT molecular complexity index is 1490. The quantitative estimate of drug-likeness (QED) is 0.525. The Hall–Kier alpha value is -3.05. The highest BCUT2D eigenvalue weighted by molar-refractivity contribution is 7.91. The molecule has 0 saturated heterocycles. The van der Waals surface area contributed by atoms with Crippen LogP contribution in [0.4, 0.5) is 0 Å². The van der Waals surface area contributed by atoms with Crippen molar-refractivity contribution >= 4 is 25.8 Å². The van der Waals surface area contributed by atoms with E-state index < -0.39 is 37.9 Å². The molecule has 180 valence electrons. The van der Waals surface area contributed by atoms with Crippen molar-refractivity contribution in [3.63, 3.8) is 0 Å². The maximum absolute atomic E-state index is 13.6. The van der Waals surface area contributed by atoms with Crippen LogP contribution in [0.2, 0.25) is 0 Å². The molecule has 0 fully saturated rings. The molecule has 2 heterocycles. The van der Waals surface area contributed by atoms with Crippen molar-refractivity contribution in [1.82, 2.24) is 19.3 Å². The van der Waals surface area contributed by atoms with Gasteiger partial charge in [0.05, 0.1) is 10.5 Å². The highest BCUT2D eigenvalue weighted by Gasteiger charge is 2.44. The number of carbonyl (C=O) groups is 1. The molecule has 3 aromatic rings. The van der Waals surface area contributed by atoms with Crippen molar-refractivity contribution < 1.29 is 21.6 Å². The largest absolute Gasteiger partial charge is 0.270 e. The highest BCUT2D eigenvalue weighted by atomic mass is 32.2. The minimum Gasteiger partial charge on any atom is -0.268 e. The molecule has 2 aromatic carbocycles. The first-order valence-corrected chi connectivity index (χ1v) is 13.6. The van der Waals surface area contributed by atoms with Crippen LogP contribution in [-0.4, -0.2) is 42.0 Å². The molecule has 0 atom stereocenters. The van der Waals surface area contributed by atoms with Crippen molar-refractivity contribution in [3.8, 4) is 0 Å². The van der Waals surface area contributed by atoms with Crippen molar-refractivity contribution in [2.75, 3.05) is 0 Å². The van der Waals surface area contributed by atoms with Crippen LogP contribution in [0.5, 0.6) is 0 Å². The van der Waals surface area contributed by atoms with Crippen molar-refractivity contribution in [1.29, 1.82) is 0 Å². The summed E-state index contributed by atoms with van der Waals surface area (Å²) in [6.45, 7) is 8.49.